The van der Waals surface area contributed by atoms with Crippen LogP contribution >= 0.6 is 0 Å². The molecule has 2 heterocycles. The molecule has 2 aromatic heterocycles. The molecule has 0 saturated heterocycles. The van der Waals surface area contributed by atoms with Gasteiger partial charge in [-0.2, -0.15) is 18.3 Å². The lowest BCUT2D eigenvalue weighted by molar-refractivity contribution is -0.141. The number of para-hydroxylation sites is 1. The van der Waals surface area contributed by atoms with E-state index in [0.29, 0.717) is 5.69 Å². The molecule has 1 aliphatic carbocycles. The summed E-state index contributed by atoms with van der Waals surface area (Å²) in [7, 11) is 0. The van der Waals surface area contributed by atoms with E-state index >= 15 is 0 Å². The van der Waals surface area contributed by atoms with Gasteiger partial charge < -0.3 is 0 Å². The van der Waals surface area contributed by atoms with E-state index in [0.717, 1.165) is 25.0 Å². The van der Waals surface area contributed by atoms with Gasteiger partial charge in [0.15, 0.2) is 11.5 Å². The third-order valence-corrected chi connectivity index (χ3v) is 5.69. The van der Waals surface area contributed by atoms with Gasteiger partial charge in [-0.3, -0.25) is 4.79 Å². The Hall–Kier alpha value is -2.97. The minimum Gasteiger partial charge on any atom is -0.294 e. The summed E-state index contributed by atoms with van der Waals surface area (Å²) in [5, 5.41) is 12.4. The lowest BCUT2D eigenvalue weighted by Gasteiger charge is -2.38. The molecule has 3 aromatic rings. The van der Waals surface area contributed by atoms with Crippen LogP contribution in [-0.2, 0) is 12.6 Å². The van der Waals surface area contributed by atoms with Gasteiger partial charge in [0, 0.05) is 18.0 Å². The summed E-state index contributed by atoms with van der Waals surface area (Å²) in [6, 6.07) is 7.93. The van der Waals surface area contributed by atoms with Crippen molar-refractivity contribution < 1.29 is 18.0 Å². The smallest absolute Gasteiger partial charge is 0.294 e. The molecule has 0 amide bonds. The molecule has 6 nitrogen and oxygen atoms in total. The molecule has 0 fully saturated rings. The van der Waals surface area contributed by atoms with Gasteiger partial charge in [-0.15, -0.1) is 5.10 Å². The number of Topliss-reactive ketones (excluding diaryl/α,β-unsaturated/α-hetero) is 1. The Morgan fingerprint density at radius 2 is 1.90 bits per heavy atom. The van der Waals surface area contributed by atoms with Crippen LogP contribution in [-0.4, -0.2) is 30.6 Å². The monoisotopic (exact) mass is 431 g/mol. The summed E-state index contributed by atoms with van der Waals surface area (Å²) in [5.41, 5.74) is -0.773. The first-order valence-electron chi connectivity index (χ1n) is 10.3. The van der Waals surface area contributed by atoms with Gasteiger partial charge in [0.05, 0.1) is 22.6 Å². The Balaban J connectivity index is 1.97. The average Bonchev–Trinajstić information content (AvgIpc) is 3.31. The second-order valence-corrected chi connectivity index (χ2v) is 8.64. The van der Waals surface area contributed by atoms with Gasteiger partial charge in [0.25, 0.3) is 0 Å². The molecule has 4 rings (SSSR count). The minimum absolute atomic E-state index is 0.0433. The number of nitrogens with zero attached hydrogens (tertiary/aromatic N) is 5. The van der Waals surface area contributed by atoms with Gasteiger partial charge in [-0.1, -0.05) is 50.6 Å². The highest BCUT2D eigenvalue weighted by molar-refractivity contribution is 6.00. The first-order valence-corrected chi connectivity index (χ1v) is 10.3. The quantitative estimate of drug-likeness (QED) is 0.569. The highest BCUT2D eigenvalue weighted by atomic mass is 19.4. The second kappa shape index (κ2) is 7.62. The van der Waals surface area contributed by atoms with Crippen molar-refractivity contribution in [2.24, 2.45) is 5.41 Å². The Morgan fingerprint density at radius 3 is 2.55 bits per heavy atom. The minimum atomic E-state index is -4.75. The molecule has 31 heavy (non-hydrogen) atoms. The van der Waals surface area contributed by atoms with Crippen molar-refractivity contribution in [3.05, 3.63) is 59.2 Å². The van der Waals surface area contributed by atoms with E-state index in [4.69, 9.17) is 0 Å². The van der Waals surface area contributed by atoms with E-state index in [9.17, 15) is 18.0 Å². The standard InChI is InChI=1S/C22H24F3N5O/c1-4-5-9-14-13-29(28-26-14)20-18-17(16(31)12-21(20,2)3)19(22(23,24)25)27-30(18)15-10-7-6-8-11-15/h6-8,10-11,13,20H,4-5,9,12H2,1-3H3. The fourth-order valence-corrected chi connectivity index (χ4v) is 4.29. The molecule has 0 radical (unpaired) electrons. The van der Waals surface area contributed by atoms with Crippen molar-refractivity contribution >= 4 is 5.78 Å². The fraction of sp³-hybridized carbons (Fsp3) is 0.455. The summed E-state index contributed by atoms with van der Waals surface area (Å²) in [6.07, 6.45) is -0.343. The molecule has 0 bridgehead atoms. The maximum Gasteiger partial charge on any atom is 0.435 e. The zero-order valence-electron chi connectivity index (χ0n) is 17.6. The SMILES string of the molecule is CCCCc1cn(C2c3c(c(C(F)(F)F)nn3-c3ccccc3)C(=O)CC2(C)C)nn1. The van der Waals surface area contributed by atoms with Crippen LogP contribution in [0, 0.1) is 5.41 Å². The van der Waals surface area contributed by atoms with E-state index in [1.165, 1.54) is 4.68 Å². The maximum atomic E-state index is 13.9. The van der Waals surface area contributed by atoms with Crippen LogP contribution in [0.2, 0.25) is 0 Å². The number of aromatic nitrogens is 5. The molecular formula is C22H24F3N5O. The van der Waals surface area contributed by atoms with Crippen LogP contribution in [0.4, 0.5) is 13.2 Å². The summed E-state index contributed by atoms with van der Waals surface area (Å²) in [4.78, 5) is 12.9. The summed E-state index contributed by atoms with van der Waals surface area (Å²) in [6.45, 7) is 5.80. The molecule has 0 saturated carbocycles. The van der Waals surface area contributed by atoms with E-state index in [1.54, 1.807) is 41.2 Å². The number of unbranched alkanes of at least 4 members (excludes halogenated alkanes) is 1. The number of ketones is 1. The fourth-order valence-electron chi connectivity index (χ4n) is 4.29. The van der Waals surface area contributed by atoms with Crippen LogP contribution in [0.3, 0.4) is 0 Å². The molecule has 1 aliphatic rings. The van der Waals surface area contributed by atoms with Crippen LogP contribution < -0.4 is 0 Å². The molecule has 9 heteroatoms. The Labute approximate surface area is 178 Å². The zero-order chi connectivity index (χ0) is 22.4. The van der Waals surface area contributed by atoms with Crippen molar-refractivity contribution in [3.8, 4) is 5.69 Å². The van der Waals surface area contributed by atoms with Crippen molar-refractivity contribution in [2.45, 2.75) is 58.7 Å². The number of aryl methyl sites for hydroxylation is 1. The van der Waals surface area contributed by atoms with Gasteiger partial charge >= 0.3 is 6.18 Å². The summed E-state index contributed by atoms with van der Waals surface area (Å²) < 4.78 is 44.5. The Morgan fingerprint density at radius 1 is 1.19 bits per heavy atom. The van der Waals surface area contributed by atoms with Crippen molar-refractivity contribution in [2.75, 3.05) is 0 Å². The summed E-state index contributed by atoms with van der Waals surface area (Å²) >= 11 is 0. The van der Waals surface area contributed by atoms with Crippen molar-refractivity contribution in [3.63, 3.8) is 0 Å². The number of carbonyl (C=O) groups excluding carboxylic acids is 1. The molecule has 0 N–H and O–H groups in total. The molecular weight excluding hydrogens is 407 g/mol. The predicted molar refractivity (Wildman–Crippen MR) is 108 cm³/mol. The van der Waals surface area contributed by atoms with Crippen LogP contribution in [0.1, 0.15) is 73.5 Å². The molecule has 1 aromatic carbocycles. The number of halogens is 3. The van der Waals surface area contributed by atoms with E-state index in [2.05, 4.69) is 22.3 Å². The predicted octanol–water partition coefficient (Wildman–Crippen LogP) is 5.03. The number of rotatable bonds is 5. The Kier molecular flexibility index (Phi) is 5.23. The first-order chi connectivity index (χ1) is 14.6. The largest absolute Gasteiger partial charge is 0.435 e. The maximum absolute atomic E-state index is 13.9. The van der Waals surface area contributed by atoms with Crippen LogP contribution in [0.5, 0.6) is 0 Å². The van der Waals surface area contributed by atoms with Crippen LogP contribution in [0.25, 0.3) is 5.69 Å². The number of fused-ring (bicyclic) bond motifs is 1. The third-order valence-electron chi connectivity index (χ3n) is 5.69. The molecule has 0 aliphatic heterocycles. The number of hydrogen-bond acceptors (Lipinski definition) is 4. The number of carbonyl (C=O) groups is 1. The second-order valence-electron chi connectivity index (χ2n) is 8.64. The number of hydrogen-bond donors (Lipinski definition) is 0. The normalized spacial score (nSPS) is 18.3. The molecule has 1 atom stereocenters. The van der Waals surface area contributed by atoms with Gasteiger partial charge in [-0.05, 0) is 25.0 Å². The highest BCUT2D eigenvalue weighted by Gasteiger charge is 2.50. The Bertz CT molecular complexity index is 1100. The van der Waals surface area contributed by atoms with Crippen molar-refractivity contribution in [1.29, 1.82) is 0 Å². The van der Waals surface area contributed by atoms with Gasteiger partial charge in [-0.25, -0.2) is 9.36 Å². The van der Waals surface area contributed by atoms with Gasteiger partial charge in [0.1, 0.15) is 6.04 Å². The molecule has 164 valence electrons. The zero-order valence-corrected chi connectivity index (χ0v) is 17.6. The lowest BCUT2D eigenvalue weighted by atomic mass is 9.71. The number of alkyl halides is 3. The molecule has 0 spiro atoms. The topological polar surface area (TPSA) is 65.6 Å². The van der Waals surface area contributed by atoms with E-state index in [1.807, 2.05) is 13.8 Å². The van der Waals surface area contributed by atoms with E-state index in [-0.39, 0.29) is 17.7 Å². The van der Waals surface area contributed by atoms with Gasteiger partial charge in [0.2, 0.25) is 0 Å². The molecule has 1 unspecified atom stereocenters. The van der Waals surface area contributed by atoms with E-state index < -0.39 is 29.1 Å². The van der Waals surface area contributed by atoms with Crippen molar-refractivity contribution in [1.82, 2.24) is 24.8 Å². The average molecular weight is 431 g/mol. The lowest BCUT2D eigenvalue weighted by Crippen LogP contribution is -2.38. The number of benzene rings is 1. The summed E-state index contributed by atoms with van der Waals surface area (Å²) in [5.74, 6) is -0.558. The third kappa shape index (κ3) is 3.77. The first kappa shape index (κ1) is 21.3. The van der Waals surface area contributed by atoms with Crippen LogP contribution in [0.15, 0.2) is 36.5 Å². The highest BCUT2D eigenvalue weighted by Crippen LogP contribution is 2.49.